The van der Waals surface area contributed by atoms with Crippen LogP contribution in [0.15, 0.2) is 41.8 Å². The lowest BCUT2D eigenvalue weighted by Gasteiger charge is -2.34. The van der Waals surface area contributed by atoms with Crippen LogP contribution in [-0.2, 0) is 11.3 Å². The van der Waals surface area contributed by atoms with Crippen molar-refractivity contribution in [3.63, 3.8) is 0 Å². The molecule has 2 heterocycles. The molecule has 144 valence electrons. The van der Waals surface area contributed by atoms with Crippen LogP contribution in [0.1, 0.15) is 15.2 Å². The zero-order valence-electron chi connectivity index (χ0n) is 15.8. The number of carbonyl (C=O) groups is 2. The lowest BCUT2D eigenvalue weighted by atomic mass is 10.2. The summed E-state index contributed by atoms with van der Waals surface area (Å²) >= 11 is 1.46. The van der Waals surface area contributed by atoms with Crippen molar-refractivity contribution in [3.05, 3.63) is 52.2 Å². The Labute approximate surface area is 163 Å². The van der Waals surface area contributed by atoms with Crippen LogP contribution >= 0.6 is 11.3 Å². The highest BCUT2D eigenvalue weighted by molar-refractivity contribution is 7.12. The first kappa shape index (κ1) is 19.4. The fourth-order valence-electron chi connectivity index (χ4n) is 3.24. The number of carbonyl (C=O) groups excluding carboxylic acids is 2. The van der Waals surface area contributed by atoms with Gasteiger partial charge in [-0.2, -0.15) is 0 Å². The molecule has 1 unspecified atom stereocenters. The van der Waals surface area contributed by atoms with Gasteiger partial charge in [0.05, 0.1) is 19.0 Å². The minimum atomic E-state index is 0.0688. The van der Waals surface area contributed by atoms with Gasteiger partial charge in [-0.25, -0.2) is 0 Å². The largest absolute Gasteiger partial charge is 0.497 e. The van der Waals surface area contributed by atoms with E-state index in [4.69, 9.17) is 4.74 Å². The van der Waals surface area contributed by atoms with Crippen molar-refractivity contribution < 1.29 is 19.2 Å². The average Bonchev–Trinajstić information content (AvgIpc) is 3.23. The number of methoxy groups -OCH3 is 1. The number of rotatable bonds is 6. The van der Waals surface area contributed by atoms with Crippen molar-refractivity contribution in [1.29, 1.82) is 0 Å². The molecule has 27 heavy (non-hydrogen) atoms. The lowest BCUT2D eigenvalue weighted by Crippen LogP contribution is -3.09. The van der Waals surface area contributed by atoms with E-state index in [0.717, 1.165) is 22.1 Å². The lowest BCUT2D eigenvalue weighted by molar-refractivity contribution is -0.885. The van der Waals surface area contributed by atoms with E-state index in [2.05, 4.69) is 0 Å². The van der Waals surface area contributed by atoms with Crippen molar-refractivity contribution in [2.75, 3.05) is 46.9 Å². The summed E-state index contributed by atoms with van der Waals surface area (Å²) in [4.78, 5) is 30.6. The Kier molecular flexibility index (Phi) is 6.47. The maximum Gasteiger partial charge on any atom is 0.277 e. The van der Waals surface area contributed by atoms with Gasteiger partial charge in [0.15, 0.2) is 6.54 Å². The minimum Gasteiger partial charge on any atom is -0.497 e. The van der Waals surface area contributed by atoms with E-state index in [9.17, 15) is 9.59 Å². The van der Waals surface area contributed by atoms with Crippen molar-refractivity contribution in [3.8, 4) is 5.75 Å². The predicted octanol–water partition coefficient (Wildman–Crippen LogP) is 0.756. The van der Waals surface area contributed by atoms with Gasteiger partial charge in [-0.15, -0.1) is 11.3 Å². The smallest absolute Gasteiger partial charge is 0.277 e. The topological polar surface area (TPSA) is 54.3 Å². The van der Waals surface area contributed by atoms with Gasteiger partial charge in [0, 0.05) is 31.7 Å². The highest BCUT2D eigenvalue weighted by Gasteiger charge is 2.26. The number of piperazine rings is 1. The zero-order valence-corrected chi connectivity index (χ0v) is 16.6. The molecule has 1 atom stereocenters. The molecular weight excluding hydrogens is 362 g/mol. The van der Waals surface area contributed by atoms with E-state index >= 15 is 0 Å². The van der Waals surface area contributed by atoms with Crippen molar-refractivity contribution in [2.24, 2.45) is 0 Å². The molecule has 6 nitrogen and oxygen atoms in total. The fourth-order valence-corrected chi connectivity index (χ4v) is 3.93. The van der Waals surface area contributed by atoms with E-state index < -0.39 is 0 Å². The van der Waals surface area contributed by atoms with Crippen LogP contribution < -0.4 is 9.64 Å². The van der Waals surface area contributed by atoms with Gasteiger partial charge in [0.2, 0.25) is 0 Å². The second kappa shape index (κ2) is 9.01. The maximum atomic E-state index is 12.6. The fraction of sp³-hybridized carbons (Fsp3) is 0.400. The molecule has 2 aromatic rings. The molecule has 0 bridgehead atoms. The van der Waals surface area contributed by atoms with E-state index in [1.807, 2.05) is 58.6 Å². The molecular formula is C20H26N3O3S+. The number of nitrogens with one attached hydrogen (secondary N) is 1. The minimum absolute atomic E-state index is 0.0688. The molecule has 7 heteroatoms. The van der Waals surface area contributed by atoms with E-state index in [-0.39, 0.29) is 11.8 Å². The second-order valence-electron chi connectivity index (χ2n) is 6.81. The van der Waals surface area contributed by atoms with Gasteiger partial charge in [-0.1, -0.05) is 6.07 Å². The molecule has 2 amide bonds. The summed E-state index contributed by atoms with van der Waals surface area (Å²) in [7, 11) is 3.68. The molecule has 1 aromatic heterocycles. The van der Waals surface area contributed by atoms with Crippen LogP contribution in [0.3, 0.4) is 0 Å². The number of amides is 2. The van der Waals surface area contributed by atoms with Crippen LogP contribution in [0, 0.1) is 0 Å². The molecule has 1 saturated heterocycles. The van der Waals surface area contributed by atoms with Crippen LogP contribution in [0.4, 0.5) is 0 Å². The Morgan fingerprint density at radius 1 is 1.07 bits per heavy atom. The third kappa shape index (κ3) is 5.08. The van der Waals surface area contributed by atoms with E-state index in [1.165, 1.54) is 16.9 Å². The van der Waals surface area contributed by atoms with Crippen LogP contribution in [-0.4, -0.2) is 68.5 Å². The van der Waals surface area contributed by atoms with Crippen LogP contribution in [0.5, 0.6) is 5.75 Å². The Bertz CT molecular complexity index is 753. The summed E-state index contributed by atoms with van der Waals surface area (Å²) in [5, 5.41) is 1.91. The third-order valence-corrected chi connectivity index (χ3v) is 5.63. The maximum absolute atomic E-state index is 12.6. The summed E-state index contributed by atoms with van der Waals surface area (Å²) in [6.07, 6.45) is 0. The number of quaternary nitrogens is 1. The molecule has 3 rings (SSSR count). The van der Waals surface area contributed by atoms with Crippen LogP contribution in [0.2, 0.25) is 0 Å². The highest BCUT2D eigenvalue weighted by atomic mass is 32.1. The molecule has 1 aliphatic heterocycles. The number of hydrogen-bond acceptors (Lipinski definition) is 4. The Hall–Kier alpha value is -2.38. The molecule has 1 N–H and O–H groups in total. The first-order chi connectivity index (χ1) is 13.1. The number of hydrogen-bond donors (Lipinski definition) is 1. The second-order valence-corrected chi connectivity index (χ2v) is 7.76. The molecule has 0 radical (unpaired) electrons. The summed E-state index contributed by atoms with van der Waals surface area (Å²) < 4.78 is 5.17. The Morgan fingerprint density at radius 2 is 1.74 bits per heavy atom. The van der Waals surface area contributed by atoms with Gasteiger partial charge >= 0.3 is 0 Å². The van der Waals surface area contributed by atoms with Gasteiger partial charge in [0.1, 0.15) is 12.3 Å². The molecule has 0 saturated carbocycles. The number of thiophene rings is 1. The molecule has 0 aliphatic carbocycles. The summed E-state index contributed by atoms with van der Waals surface area (Å²) in [5.74, 6) is 1.05. The van der Waals surface area contributed by atoms with E-state index in [0.29, 0.717) is 32.7 Å². The van der Waals surface area contributed by atoms with Gasteiger partial charge in [-0.05, 0) is 35.7 Å². The predicted molar refractivity (Wildman–Crippen MR) is 105 cm³/mol. The Morgan fingerprint density at radius 3 is 2.33 bits per heavy atom. The Balaban J connectivity index is 1.45. The zero-order chi connectivity index (χ0) is 19.2. The first-order valence-corrected chi connectivity index (χ1v) is 9.99. The summed E-state index contributed by atoms with van der Waals surface area (Å²) in [5.41, 5.74) is 1.17. The van der Waals surface area contributed by atoms with Crippen molar-refractivity contribution in [2.45, 2.75) is 6.54 Å². The van der Waals surface area contributed by atoms with Crippen LogP contribution in [0.25, 0.3) is 0 Å². The standard InChI is InChI=1S/C20H25N3O3S/c1-21(14-16-5-7-17(26-2)8-6-16)15-19(24)22-9-11-23(12-10-22)20(25)18-4-3-13-27-18/h3-8,13H,9-12,14-15H2,1-2H3/p+1. The summed E-state index contributed by atoms with van der Waals surface area (Å²) in [6, 6.07) is 11.7. The number of likely N-dealkylation sites (N-methyl/N-ethyl adjacent to an activating group) is 1. The SMILES string of the molecule is COc1ccc(C[NH+](C)CC(=O)N2CCN(C(=O)c3cccs3)CC2)cc1. The monoisotopic (exact) mass is 388 g/mol. The molecule has 0 spiro atoms. The van der Waals surface area contributed by atoms with Crippen molar-refractivity contribution >= 4 is 23.2 Å². The number of benzene rings is 1. The van der Waals surface area contributed by atoms with Gasteiger partial charge in [-0.3, -0.25) is 9.59 Å². The average molecular weight is 389 g/mol. The number of nitrogens with zero attached hydrogens (tertiary/aromatic N) is 2. The molecule has 1 aromatic carbocycles. The number of ether oxygens (including phenoxy) is 1. The first-order valence-electron chi connectivity index (χ1n) is 9.11. The quantitative estimate of drug-likeness (QED) is 0.795. The van der Waals surface area contributed by atoms with Crippen molar-refractivity contribution in [1.82, 2.24) is 9.80 Å². The molecule has 1 aliphatic rings. The third-order valence-electron chi connectivity index (χ3n) is 4.77. The molecule has 1 fully saturated rings. The van der Waals surface area contributed by atoms with E-state index in [1.54, 1.807) is 7.11 Å². The normalized spacial score (nSPS) is 15.5. The summed E-state index contributed by atoms with van der Waals surface area (Å²) in [6.45, 7) is 3.63. The van der Waals surface area contributed by atoms with Gasteiger partial charge in [0.25, 0.3) is 11.8 Å². The highest BCUT2D eigenvalue weighted by Crippen LogP contribution is 2.14. The van der Waals surface area contributed by atoms with Gasteiger partial charge < -0.3 is 19.4 Å².